The van der Waals surface area contributed by atoms with E-state index in [1.54, 1.807) is 6.20 Å². The first-order valence-corrected chi connectivity index (χ1v) is 16.6. The first kappa shape index (κ1) is 24.8. The van der Waals surface area contributed by atoms with Gasteiger partial charge in [0.25, 0.3) is 5.56 Å². The second-order valence-corrected chi connectivity index (χ2v) is 16.0. The second-order valence-electron chi connectivity index (χ2n) is 10.9. The monoisotopic (exact) mass is 526 g/mol. The highest BCUT2D eigenvalue weighted by Gasteiger charge is 2.19. The van der Waals surface area contributed by atoms with Crippen molar-refractivity contribution in [3.8, 4) is 44.9 Å². The summed E-state index contributed by atoms with van der Waals surface area (Å²) in [5.74, 6) is 0.641. The predicted octanol–water partition coefficient (Wildman–Crippen LogP) is 6.87. The number of aryl methyl sites for hydroxylation is 1. The van der Waals surface area contributed by atoms with Crippen LogP contribution in [0.1, 0.15) is 0 Å². The number of pyridine rings is 2. The lowest BCUT2D eigenvalue weighted by Gasteiger charge is -2.16. The maximum atomic E-state index is 12.6. The summed E-state index contributed by atoms with van der Waals surface area (Å²) >= 11 is 0. The first-order chi connectivity index (χ1) is 18.8. The molecule has 5 nitrogen and oxygen atoms in total. The highest BCUT2D eigenvalue weighted by molar-refractivity contribution is 6.88. The molecule has 192 valence electrons. The molecular weight excluding hydrogens is 496 g/mol. The zero-order chi connectivity index (χ0) is 27.1. The molecule has 1 N–H and O–H groups in total. The summed E-state index contributed by atoms with van der Waals surface area (Å²) in [5, 5.41) is 1.34. The fourth-order valence-electron chi connectivity index (χ4n) is 5.02. The minimum atomic E-state index is -1.45. The molecule has 6 aromatic rings. The molecule has 3 heterocycles. The Balaban J connectivity index is 1.56. The topological polar surface area (TPSA) is 63.6 Å². The van der Waals surface area contributed by atoms with Crippen molar-refractivity contribution in [3.63, 3.8) is 0 Å². The van der Waals surface area contributed by atoms with Gasteiger partial charge in [0.15, 0.2) is 0 Å². The van der Waals surface area contributed by atoms with Gasteiger partial charge in [-0.1, -0.05) is 68.2 Å². The number of aromatic nitrogens is 4. The maximum Gasteiger partial charge on any atom is 0.258 e. The van der Waals surface area contributed by atoms with Crippen molar-refractivity contribution in [2.75, 3.05) is 0 Å². The van der Waals surface area contributed by atoms with Crippen LogP contribution in [0.5, 0.6) is 0 Å². The largest absolute Gasteiger partial charge is 0.328 e. The minimum Gasteiger partial charge on any atom is -0.328 e. The molecule has 0 fully saturated rings. The molecule has 39 heavy (non-hydrogen) atoms. The molecule has 0 saturated carbocycles. The molecule has 0 radical (unpaired) electrons. The molecule has 0 unspecified atom stereocenters. The van der Waals surface area contributed by atoms with Crippen LogP contribution in [0, 0.1) is 0 Å². The van der Waals surface area contributed by atoms with Gasteiger partial charge in [0.1, 0.15) is 5.82 Å². The van der Waals surface area contributed by atoms with Crippen LogP contribution in [0.15, 0.2) is 108 Å². The smallest absolute Gasteiger partial charge is 0.258 e. The van der Waals surface area contributed by atoms with Gasteiger partial charge in [-0.2, -0.15) is 0 Å². The average molecular weight is 527 g/mol. The van der Waals surface area contributed by atoms with Crippen LogP contribution < -0.4 is 10.7 Å². The standard InChI is InChI=1S/C33H30N4OSi/c1-37-30-14-8-12-27(31(30)36-32(37)28-13-9-17-34-33(28)38)24-18-23(22-10-6-5-7-11-22)19-25(20-24)29-16-15-26(21-35-29)39(2,3)4/h5-21H,1-4H3,(H,34,38). The number of para-hydroxylation sites is 1. The quantitative estimate of drug-likeness (QED) is 0.249. The molecule has 0 aliphatic heterocycles. The Morgan fingerprint density at radius 3 is 2.21 bits per heavy atom. The molecule has 0 spiro atoms. The highest BCUT2D eigenvalue weighted by atomic mass is 28.3. The summed E-state index contributed by atoms with van der Waals surface area (Å²) in [7, 11) is 0.507. The van der Waals surface area contributed by atoms with Crippen LogP contribution in [0.25, 0.3) is 55.9 Å². The van der Waals surface area contributed by atoms with Gasteiger partial charge in [0.2, 0.25) is 0 Å². The molecule has 3 aromatic heterocycles. The van der Waals surface area contributed by atoms with E-state index in [0.29, 0.717) is 11.4 Å². The van der Waals surface area contributed by atoms with Crippen LogP contribution in [0.2, 0.25) is 19.6 Å². The molecule has 0 atom stereocenters. The number of hydrogen-bond donors (Lipinski definition) is 1. The Kier molecular flexibility index (Phi) is 6.12. The summed E-state index contributed by atoms with van der Waals surface area (Å²) in [6, 6.07) is 31.2. The van der Waals surface area contributed by atoms with E-state index in [1.807, 2.05) is 48.1 Å². The number of hydrogen-bond acceptors (Lipinski definition) is 3. The van der Waals surface area contributed by atoms with Gasteiger partial charge < -0.3 is 9.55 Å². The van der Waals surface area contributed by atoms with Gasteiger partial charge in [-0.15, -0.1) is 0 Å². The van der Waals surface area contributed by atoms with E-state index in [2.05, 4.69) is 85.3 Å². The average Bonchev–Trinajstić information content (AvgIpc) is 3.29. The highest BCUT2D eigenvalue weighted by Crippen LogP contribution is 2.36. The van der Waals surface area contributed by atoms with Crippen LogP contribution >= 0.6 is 0 Å². The molecule has 0 saturated heterocycles. The summed E-state index contributed by atoms with van der Waals surface area (Å²) < 4.78 is 1.99. The third-order valence-corrected chi connectivity index (χ3v) is 9.27. The van der Waals surface area contributed by atoms with Crippen LogP contribution in [-0.2, 0) is 7.05 Å². The van der Waals surface area contributed by atoms with Gasteiger partial charge in [-0.05, 0) is 64.3 Å². The summed E-state index contributed by atoms with van der Waals surface area (Å²) in [6.45, 7) is 7.01. The van der Waals surface area contributed by atoms with E-state index in [0.717, 1.165) is 44.5 Å². The maximum absolute atomic E-state index is 12.6. The van der Waals surface area contributed by atoms with E-state index in [4.69, 9.17) is 9.97 Å². The molecule has 3 aromatic carbocycles. The lowest BCUT2D eigenvalue weighted by atomic mass is 9.94. The predicted molar refractivity (Wildman–Crippen MR) is 164 cm³/mol. The molecule has 0 aliphatic carbocycles. The molecule has 0 aliphatic rings. The number of nitrogens with zero attached hydrogens (tertiary/aromatic N) is 3. The summed E-state index contributed by atoms with van der Waals surface area (Å²) in [4.78, 5) is 25.2. The molecule has 6 rings (SSSR count). The molecule has 0 bridgehead atoms. The lowest BCUT2D eigenvalue weighted by molar-refractivity contribution is 0.954. The minimum absolute atomic E-state index is 0.154. The number of H-pyrrole nitrogens is 1. The fourth-order valence-corrected chi connectivity index (χ4v) is 6.06. The molecule has 6 heteroatoms. The Hall–Kier alpha value is -4.55. The Morgan fingerprint density at radius 2 is 1.49 bits per heavy atom. The third-order valence-electron chi connectivity index (χ3n) is 7.25. The zero-order valence-electron chi connectivity index (χ0n) is 22.6. The Labute approximate surface area is 228 Å². The van der Waals surface area contributed by atoms with Crippen LogP contribution in [0.3, 0.4) is 0 Å². The van der Waals surface area contributed by atoms with E-state index in [1.165, 1.54) is 5.19 Å². The van der Waals surface area contributed by atoms with Crippen molar-refractivity contribution in [2.24, 2.45) is 7.05 Å². The van der Waals surface area contributed by atoms with Crippen molar-refractivity contribution in [2.45, 2.75) is 19.6 Å². The normalized spacial score (nSPS) is 11.7. The Morgan fingerprint density at radius 1 is 0.744 bits per heavy atom. The van der Waals surface area contributed by atoms with Crippen molar-refractivity contribution in [3.05, 3.63) is 114 Å². The first-order valence-electron chi connectivity index (χ1n) is 13.1. The summed E-state index contributed by atoms with van der Waals surface area (Å²) in [5.41, 5.74) is 8.55. The number of aromatic amines is 1. The Bertz CT molecular complexity index is 1860. The fraction of sp³-hybridized carbons (Fsp3) is 0.121. The van der Waals surface area contributed by atoms with Gasteiger partial charge in [0.05, 0.1) is 30.4 Å². The zero-order valence-corrected chi connectivity index (χ0v) is 23.6. The van der Waals surface area contributed by atoms with Crippen molar-refractivity contribution >= 4 is 24.3 Å². The van der Waals surface area contributed by atoms with Gasteiger partial charge >= 0.3 is 0 Å². The van der Waals surface area contributed by atoms with E-state index in [-0.39, 0.29) is 5.56 Å². The van der Waals surface area contributed by atoms with Crippen molar-refractivity contribution in [1.82, 2.24) is 19.5 Å². The SMILES string of the molecule is Cn1c(-c2ccc[nH]c2=O)nc2c(-c3cc(-c4ccccc4)cc(-c4ccc([Si](C)(C)C)cn4)c3)cccc21. The lowest BCUT2D eigenvalue weighted by Crippen LogP contribution is -2.37. The van der Waals surface area contributed by atoms with Crippen LogP contribution in [0.4, 0.5) is 0 Å². The third kappa shape index (κ3) is 4.64. The van der Waals surface area contributed by atoms with E-state index in [9.17, 15) is 4.79 Å². The second kappa shape index (κ2) is 9.64. The number of benzene rings is 3. The van der Waals surface area contributed by atoms with E-state index >= 15 is 0 Å². The number of rotatable bonds is 5. The van der Waals surface area contributed by atoms with Crippen LogP contribution in [-0.4, -0.2) is 27.6 Å². The molecule has 0 amide bonds. The van der Waals surface area contributed by atoms with Crippen molar-refractivity contribution in [1.29, 1.82) is 0 Å². The van der Waals surface area contributed by atoms with Crippen molar-refractivity contribution < 1.29 is 0 Å². The number of nitrogens with one attached hydrogen (secondary N) is 1. The van der Waals surface area contributed by atoms with Gasteiger partial charge in [-0.3, -0.25) is 9.78 Å². The van der Waals surface area contributed by atoms with Gasteiger partial charge in [-0.25, -0.2) is 4.98 Å². The van der Waals surface area contributed by atoms with Gasteiger partial charge in [0, 0.05) is 30.6 Å². The summed E-state index contributed by atoms with van der Waals surface area (Å²) in [6.07, 6.45) is 3.68. The number of imidazole rings is 1. The molecular formula is C33H30N4OSi. The number of fused-ring (bicyclic) bond motifs is 1. The van der Waals surface area contributed by atoms with E-state index < -0.39 is 8.07 Å².